The van der Waals surface area contributed by atoms with Crippen LogP contribution in [0.4, 0.5) is 11.8 Å². The van der Waals surface area contributed by atoms with Crippen LogP contribution in [-0.2, 0) is 0 Å². The molecule has 144 valence electrons. The molecular weight excluding hydrogens is 366 g/mol. The molecule has 3 aromatic rings. The lowest BCUT2D eigenvalue weighted by Gasteiger charge is -2.22. The Labute approximate surface area is 169 Å². The van der Waals surface area contributed by atoms with Crippen molar-refractivity contribution in [3.8, 4) is 6.07 Å². The van der Waals surface area contributed by atoms with E-state index in [2.05, 4.69) is 46.1 Å². The number of hydrogen-bond donors (Lipinski definition) is 2. The molecule has 1 atom stereocenters. The van der Waals surface area contributed by atoms with Crippen LogP contribution in [0.15, 0.2) is 35.7 Å². The fourth-order valence-corrected chi connectivity index (χ4v) is 4.61. The summed E-state index contributed by atoms with van der Waals surface area (Å²) in [6.45, 7) is 3.02. The largest absolute Gasteiger partial charge is 0.362 e. The van der Waals surface area contributed by atoms with Crippen molar-refractivity contribution in [3.05, 3.63) is 46.2 Å². The predicted molar refractivity (Wildman–Crippen MR) is 116 cm³/mol. The van der Waals surface area contributed by atoms with Gasteiger partial charge in [-0.2, -0.15) is 10.2 Å². The van der Waals surface area contributed by atoms with Crippen LogP contribution in [0.2, 0.25) is 0 Å². The first kappa shape index (κ1) is 18.7. The van der Waals surface area contributed by atoms with Gasteiger partial charge in [0.05, 0.1) is 17.1 Å². The highest BCUT2D eigenvalue weighted by Gasteiger charge is 2.17. The van der Waals surface area contributed by atoms with Gasteiger partial charge in [-0.15, -0.1) is 11.3 Å². The highest BCUT2D eigenvalue weighted by atomic mass is 32.1. The van der Waals surface area contributed by atoms with Crippen LogP contribution in [-0.4, -0.2) is 16.5 Å². The van der Waals surface area contributed by atoms with E-state index in [0.717, 1.165) is 17.7 Å². The van der Waals surface area contributed by atoms with Gasteiger partial charge in [0.25, 0.3) is 0 Å². The number of nitrogens with zero attached hydrogens (tertiary/aromatic N) is 3. The maximum Gasteiger partial charge on any atom is 0.225 e. The minimum atomic E-state index is 0.134. The summed E-state index contributed by atoms with van der Waals surface area (Å²) in [4.78, 5) is 10.7. The van der Waals surface area contributed by atoms with E-state index in [4.69, 9.17) is 4.98 Å². The molecule has 0 aliphatic heterocycles. The van der Waals surface area contributed by atoms with Crippen molar-refractivity contribution in [2.24, 2.45) is 5.92 Å². The topological polar surface area (TPSA) is 73.6 Å². The lowest BCUT2D eigenvalue weighted by atomic mass is 9.89. The smallest absolute Gasteiger partial charge is 0.225 e. The van der Waals surface area contributed by atoms with Gasteiger partial charge in [0.15, 0.2) is 0 Å². The standard InChI is InChI=1S/C22H25N5S/c1-15(19-11-6-12-28-19)25-21-18-10-5-9-17(13-23)20(18)26-22(27-21)24-14-16-7-3-2-4-8-16/h5-6,9-12,15-16H,2-4,7-8,14H2,1H3,(H2,24,25,26,27). The second-order valence-corrected chi connectivity index (χ2v) is 8.46. The molecule has 0 bridgehead atoms. The van der Waals surface area contributed by atoms with E-state index in [9.17, 15) is 5.26 Å². The van der Waals surface area contributed by atoms with E-state index in [1.54, 1.807) is 11.3 Å². The molecule has 28 heavy (non-hydrogen) atoms. The Kier molecular flexibility index (Phi) is 5.73. The highest BCUT2D eigenvalue weighted by molar-refractivity contribution is 7.10. The Morgan fingerprint density at radius 2 is 2.04 bits per heavy atom. The van der Waals surface area contributed by atoms with Crippen molar-refractivity contribution in [2.75, 3.05) is 17.2 Å². The van der Waals surface area contributed by atoms with Gasteiger partial charge in [0.2, 0.25) is 5.95 Å². The SMILES string of the molecule is CC(Nc1nc(NCC2CCCCC2)nc2c(C#N)cccc12)c1cccs1. The molecule has 1 fully saturated rings. The van der Waals surface area contributed by atoms with Gasteiger partial charge in [-0.05, 0) is 49.3 Å². The van der Waals surface area contributed by atoms with Crippen LogP contribution < -0.4 is 10.6 Å². The van der Waals surface area contributed by atoms with E-state index >= 15 is 0 Å². The molecule has 5 nitrogen and oxygen atoms in total. The zero-order valence-electron chi connectivity index (χ0n) is 16.1. The van der Waals surface area contributed by atoms with Crippen molar-refractivity contribution in [2.45, 2.75) is 45.1 Å². The molecule has 0 radical (unpaired) electrons. The molecule has 1 aromatic carbocycles. The Balaban J connectivity index is 1.64. The van der Waals surface area contributed by atoms with E-state index in [-0.39, 0.29) is 6.04 Å². The van der Waals surface area contributed by atoms with E-state index in [1.165, 1.54) is 37.0 Å². The predicted octanol–water partition coefficient (Wildman–Crippen LogP) is 5.73. The van der Waals surface area contributed by atoms with E-state index in [1.807, 2.05) is 18.2 Å². The molecule has 4 rings (SSSR count). The number of aromatic nitrogens is 2. The average Bonchev–Trinajstić information content (AvgIpc) is 3.28. The maximum atomic E-state index is 9.53. The van der Waals surface area contributed by atoms with Gasteiger partial charge >= 0.3 is 0 Å². The van der Waals surface area contributed by atoms with Gasteiger partial charge in [0.1, 0.15) is 11.9 Å². The molecule has 2 N–H and O–H groups in total. The van der Waals surface area contributed by atoms with Crippen LogP contribution in [0, 0.1) is 17.2 Å². The molecule has 0 amide bonds. The highest BCUT2D eigenvalue weighted by Crippen LogP contribution is 2.30. The zero-order valence-corrected chi connectivity index (χ0v) is 16.9. The number of nitrogens with one attached hydrogen (secondary N) is 2. The Morgan fingerprint density at radius 3 is 2.79 bits per heavy atom. The molecule has 2 aromatic heterocycles. The van der Waals surface area contributed by atoms with E-state index < -0.39 is 0 Å². The summed E-state index contributed by atoms with van der Waals surface area (Å²) in [5, 5.41) is 19.5. The number of thiophene rings is 1. The monoisotopic (exact) mass is 391 g/mol. The molecule has 6 heteroatoms. The minimum absolute atomic E-state index is 0.134. The van der Waals surface area contributed by atoms with Gasteiger partial charge in [-0.1, -0.05) is 31.4 Å². The first-order valence-corrected chi connectivity index (χ1v) is 10.9. The lowest BCUT2D eigenvalue weighted by molar-refractivity contribution is 0.373. The Morgan fingerprint density at radius 1 is 1.18 bits per heavy atom. The Hall–Kier alpha value is -2.65. The molecule has 1 aliphatic carbocycles. The van der Waals surface area contributed by atoms with Crippen molar-refractivity contribution in [3.63, 3.8) is 0 Å². The van der Waals surface area contributed by atoms with Gasteiger partial charge in [-0.25, -0.2) is 4.98 Å². The van der Waals surface area contributed by atoms with Gasteiger partial charge in [-0.3, -0.25) is 0 Å². The summed E-state index contributed by atoms with van der Waals surface area (Å²) in [6, 6.07) is 12.3. The van der Waals surface area contributed by atoms with Crippen molar-refractivity contribution < 1.29 is 0 Å². The van der Waals surface area contributed by atoms with Gasteiger partial charge < -0.3 is 10.6 Å². The number of benzene rings is 1. The number of anilines is 2. The summed E-state index contributed by atoms with van der Waals surface area (Å²) in [5.41, 5.74) is 1.28. The van der Waals surface area contributed by atoms with Crippen LogP contribution in [0.3, 0.4) is 0 Å². The number of fused-ring (bicyclic) bond motifs is 1. The quantitative estimate of drug-likeness (QED) is 0.561. The molecule has 1 unspecified atom stereocenters. The fourth-order valence-electron chi connectivity index (χ4n) is 3.87. The van der Waals surface area contributed by atoms with E-state index in [0.29, 0.717) is 22.9 Å². The molecule has 0 saturated heterocycles. The summed E-state index contributed by atoms with van der Waals surface area (Å²) < 4.78 is 0. The van der Waals surface area contributed by atoms with Crippen LogP contribution in [0.25, 0.3) is 10.9 Å². The third-order valence-corrected chi connectivity index (χ3v) is 6.50. The summed E-state index contributed by atoms with van der Waals surface area (Å²) in [6.07, 6.45) is 6.52. The fraction of sp³-hybridized carbons (Fsp3) is 0.409. The molecule has 1 saturated carbocycles. The van der Waals surface area contributed by atoms with Crippen LogP contribution >= 0.6 is 11.3 Å². The average molecular weight is 392 g/mol. The number of hydrogen-bond acceptors (Lipinski definition) is 6. The summed E-state index contributed by atoms with van der Waals surface area (Å²) in [7, 11) is 0. The molecule has 1 aliphatic rings. The van der Waals surface area contributed by atoms with Crippen molar-refractivity contribution in [1.82, 2.24) is 9.97 Å². The molecule has 2 heterocycles. The normalized spacial score (nSPS) is 15.9. The maximum absolute atomic E-state index is 9.53. The number of nitriles is 1. The third kappa shape index (κ3) is 4.10. The number of rotatable bonds is 6. The molecular formula is C22H25N5S. The molecule has 0 spiro atoms. The third-order valence-electron chi connectivity index (χ3n) is 5.44. The van der Waals surface area contributed by atoms with Crippen molar-refractivity contribution in [1.29, 1.82) is 5.26 Å². The summed E-state index contributed by atoms with van der Waals surface area (Å²) >= 11 is 1.72. The van der Waals surface area contributed by atoms with Crippen molar-refractivity contribution >= 4 is 34.0 Å². The summed E-state index contributed by atoms with van der Waals surface area (Å²) in [5.74, 6) is 2.05. The van der Waals surface area contributed by atoms with Crippen LogP contribution in [0.1, 0.15) is 55.5 Å². The second-order valence-electron chi connectivity index (χ2n) is 7.48. The number of para-hydroxylation sites is 1. The van der Waals surface area contributed by atoms with Gasteiger partial charge in [0, 0.05) is 16.8 Å². The first-order valence-electron chi connectivity index (χ1n) is 9.99. The second kappa shape index (κ2) is 8.57. The lowest BCUT2D eigenvalue weighted by Crippen LogP contribution is -2.19. The van der Waals surface area contributed by atoms with Crippen LogP contribution in [0.5, 0.6) is 0 Å². The Bertz CT molecular complexity index is 971. The zero-order chi connectivity index (χ0) is 19.3. The first-order chi connectivity index (χ1) is 13.7. The minimum Gasteiger partial charge on any atom is -0.362 e.